The minimum absolute atomic E-state index is 0.178. The van der Waals surface area contributed by atoms with E-state index in [2.05, 4.69) is 48.5 Å². The number of para-hydroxylation sites is 1. The van der Waals surface area contributed by atoms with Crippen LogP contribution in [0.15, 0.2) is 78.9 Å². The van der Waals surface area contributed by atoms with Crippen LogP contribution in [0.1, 0.15) is 17.5 Å². The van der Waals surface area contributed by atoms with Gasteiger partial charge in [0.25, 0.3) is 0 Å². The molecule has 3 nitrogen and oxygen atoms in total. The molecule has 1 unspecified atom stereocenters. The van der Waals surface area contributed by atoms with Crippen LogP contribution in [-0.4, -0.2) is 19.0 Å². The fourth-order valence-corrected chi connectivity index (χ4v) is 3.95. The number of nitrogens with zero attached hydrogens (tertiary/aromatic N) is 1. The molecule has 0 aromatic heterocycles. The van der Waals surface area contributed by atoms with Gasteiger partial charge in [-0.05, 0) is 53.6 Å². The maximum atomic E-state index is 13.0. The lowest BCUT2D eigenvalue weighted by molar-refractivity contribution is -0.118. The maximum absolute atomic E-state index is 13.0. The fraction of sp³-hybridized carbons (Fsp3) is 0.240. The smallest absolute Gasteiger partial charge is 0.227 e. The molecule has 28 heavy (non-hydrogen) atoms. The summed E-state index contributed by atoms with van der Waals surface area (Å²) >= 11 is 0. The third-order valence-electron chi connectivity index (χ3n) is 5.55. The molecular weight excluding hydrogens is 344 g/mol. The molecule has 0 bridgehead atoms. The van der Waals surface area contributed by atoms with Crippen LogP contribution in [0.3, 0.4) is 0 Å². The molecular formula is C25H26N2O. The number of anilines is 1. The van der Waals surface area contributed by atoms with Crippen LogP contribution in [0.25, 0.3) is 11.1 Å². The number of hydrogen-bond donors (Lipinski definition) is 1. The van der Waals surface area contributed by atoms with Crippen molar-refractivity contribution >= 4 is 11.6 Å². The molecule has 1 amide bonds. The summed E-state index contributed by atoms with van der Waals surface area (Å²) in [5, 5.41) is 0. The number of aryl methyl sites for hydroxylation is 1. The number of amides is 1. The van der Waals surface area contributed by atoms with Gasteiger partial charge >= 0.3 is 0 Å². The van der Waals surface area contributed by atoms with Gasteiger partial charge in [0.1, 0.15) is 0 Å². The van der Waals surface area contributed by atoms with Crippen LogP contribution in [0.5, 0.6) is 0 Å². The molecule has 1 heterocycles. The Morgan fingerprint density at radius 3 is 2.32 bits per heavy atom. The van der Waals surface area contributed by atoms with Gasteiger partial charge in [-0.25, -0.2) is 0 Å². The predicted molar refractivity (Wildman–Crippen MR) is 115 cm³/mol. The first kappa shape index (κ1) is 18.5. The minimum Gasteiger partial charge on any atom is -0.330 e. The van der Waals surface area contributed by atoms with E-state index >= 15 is 0 Å². The Morgan fingerprint density at radius 1 is 0.893 bits per heavy atom. The van der Waals surface area contributed by atoms with Gasteiger partial charge in [0.2, 0.25) is 5.91 Å². The van der Waals surface area contributed by atoms with Gasteiger partial charge in [-0.1, -0.05) is 72.8 Å². The molecule has 1 aliphatic heterocycles. The molecule has 3 aromatic rings. The molecule has 0 aliphatic carbocycles. The Labute approximate surface area is 166 Å². The van der Waals surface area contributed by atoms with Gasteiger partial charge in [0.15, 0.2) is 0 Å². The van der Waals surface area contributed by atoms with E-state index in [0.29, 0.717) is 18.9 Å². The molecule has 0 fully saturated rings. The highest BCUT2D eigenvalue weighted by molar-refractivity contribution is 5.94. The lowest BCUT2D eigenvalue weighted by Crippen LogP contribution is -2.42. The van der Waals surface area contributed by atoms with E-state index in [1.165, 1.54) is 22.3 Å². The van der Waals surface area contributed by atoms with Crippen LogP contribution in [0, 0.1) is 5.92 Å². The first-order valence-electron chi connectivity index (χ1n) is 9.97. The topological polar surface area (TPSA) is 46.3 Å². The third kappa shape index (κ3) is 4.00. The summed E-state index contributed by atoms with van der Waals surface area (Å²) < 4.78 is 0. The first-order valence-corrected chi connectivity index (χ1v) is 9.97. The highest BCUT2D eigenvalue weighted by atomic mass is 16.2. The van der Waals surface area contributed by atoms with Crippen molar-refractivity contribution in [3.63, 3.8) is 0 Å². The van der Waals surface area contributed by atoms with Crippen molar-refractivity contribution in [2.45, 2.75) is 19.3 Å². The number of benzene rings is 3. The van der Waals surface area contributed by atoms with E-state index in [1.54, 1.807) is 0 Å². The lowest BCUT2D eigenvalue weighted by Gasteiger charge is -2.34. The van der Waals surface area contributed by atoms with Crippen molar-refractivity contribution in [3.05, 3.63) is 90.0 Å². The normalized spacial score (nSPS) is 15.9. The van der Waals surface area contributed by atoms with Gasteiger partial charge in [0.05, 0.1) is 0 Å². The second-order valence-corrected chi connectivity index (χ2v) is 7.50. The Bertz CT molecular complexity index is 934. The van der Waals surface area contributed by atoms with Crippen molar-refractivity contribution in [2.24, 2.45) is 11.7 Å². The van der Waals surface area contributed by atoms with Crippen molar-refractivity contribution in [1.29, 1.82) is 0 Å². The van der Waals surface area contributed by atoms with E-state index in [1.807, 2.05) is 35.2 Å². The third-order valence-corrected chi connectivity index (χ3v) is 5.55. The van der Waals surface area contributed by atoms with Crippen LogP contribution in [0.2, 0.25) is 0 Å². The average molecular weight is 370 g/mol. The second kappa shape index (κ2) is 8.41. The maximum Gasteiger partial charge on any atom is 0.227 e. The average Bonchev–Trinajstić information content (AvgIpc) is 2.77. The van der Waals surface area contributed by atoms with Gasteiger partial charge in [-0.15, -0.1) is 0 Å². The summed E-state index contributed by atoms with van der Waals surface area (Å²) in [6.07, 6.45) is 2.22. The molecule has 2 N–H and O–H groups in total. The Hall–Kier alpha value is -2.91. The van der Waals surface area contributed by atoms with Gasteiger partial charge in [0, 0.05) is 18.7 Å². The van der Waals surface area contributed by atoms with Crippen LogP contribution in [-0.2, 0) is 17.6 Å². The Morgan fingerprint density at radius 2 is 1.57 bits per heavy atom. The zero-order valence-electron chi connectivity index (χ0n) is 16.1. The summed E-state index contributed by atoms with van der Waals surface area (Å²) in [6.45, 7) is 1.33. The molecule has 1 aliphatic rings. The van der Waals surface area contributed by atoms with Crippen LogP contribution >= 0.6 is 0 Å². The molecule has 3 aromatic carbocycles. The second-order valence-electron chi connectivity index (χ2n) is 7.50. The highest BCUT2D eigenvalue weighted by Crippen LogP contribution is 2.30. The summed E-state index contributed by atoms with van der Waals surface area (Å²) in [4.78, 5) is 14.9. The number of rotatable bonds is 5. The van der Waals surface area contributed by atoms with Crippen molar-refractivity contribution in [2.75, 3.05) is 18.0 Å². The van der Waals surface area contributed by atoms with E-state index in [0.717, 1.165) is 25.1 Å². The summed E-state index contributed by atoms with van der Waals surface area (Å²) in [5.74, 6) is 0.516. The van der Waals surface area contributed by atoms with Gasteiger partial charge in [-0.3, -0.25) is 4.79 Å². The molecule has 0 saturated heterocycles. The monoisotopic (exact) mass is 370 g/mol. The van der Waals surface area contributed by atoms with Gasteiger partial charge < -0.3 is 10.6 Å². The number of carbonyl (C=O) groups is 1. The van der Waals surface area contributed by atoms with Crippen molar-refractivity contribution in [3.8, 4) is 11.1 Å². The number of nitrogens with two attached hydrogens (primary N) is 1. The summed E-state index contributed by atoms with van der Waals surface area (Å²) in [5.41, 5.74) is 11.8. The van der Waals surface area contributed by atoms with Crippen molar-refractivity contribution < 1.29 is 4.79 Å². The molecule has 1 atom stereocenters. The molecule has 3 heteroatoms. The molecule has 0 saturated carbocycles. The van der Waals surface area contributed by atoms with Gasteiger partial charge in [-0.2, -0.15) is 0 Å². The first-order chi connectivity index (χ1) is 13.7. The zero-order chi connectivity index (χ0) is 19.3. The SMILES string of the molecule is NCC1Cc2ccccc2N(C(=O)CCc2ccc(-c3ccccc3)cc2)C1. The Kier molecular flexibility index (Phi) is 5.54. The van der Waals surface area contributed by atoms with Crippen LogP contribution < -0.4 is 10.6 Å². The standard InChI is InChI=1S/C25H26N2O/c26-17-20-16-23-8-4-5-9-24(23)27(18-20)25(28)15-12-19-10-13-22(14-11-19)21-6-2-1-3-7-21/h1-11,13-14,20H,12,15-18,26H2. The number of carbonyl (C=O) groups excluding carboxylic acids is 1. The van der Waals surface area contributed by atoms with Crippen LogP contribution in [0.4, 0.5) is 5.69 Å². The van der Waals surface area contributed by atoms with E-state index < -0.39 is 0 Å². The van der Waals surface area contributed by atoms with E-state index in [9.17, 15) is 4.79 Å². The Balaban J connectivity index is 1.43. The summed E-state index contributed by atoms with van der Waals surface area (Å²) in [6, 6.07) is 27.1. The molecule has 0 spiro atoms. The quantitative estimate of drug-likeness (QED) is 0.721. The van der Waals surface area contributed by atoms with E-state index in [4.69, 9.17) is 5.73 Å². The lowest BCUT2D eigenvalue weighted by atomic mass is 9.92. The zero-order valence-corrected chi connectivity index (χ0v) is 16.1. The van der Waals surface area contributed by atoms with E-state index in [-0.39, 0.29) is 5.91 Å². The number of hydrogen-bond acceptors (Lipinski definition) is 2. The number of fused-ring (bicyclic) bond motifs is 1. The summed E-state index contributed by atoms with van der Waals surface area (Å²) in [7, 11) is 0. The van der Waals surface area contributed by atoms with Crippen molar-refractivity contribution in [1.82, 2.24) is 0 Å². The largest absolute Gasteiger partial charge is 0.330 e. The fourth-order valence-electron chi connectivity index (χ4n) is 3.95. The predicted octanol–water partition coefficient (Wildman–Crippen LogP) is 4.45. The minimum atomic E-state index is 0.178. The molecule has 4 rings (SSSR count). The molecule has 142 valence electrons. The molecule has 0 radical (unpaired) electrons. The highest BCUT2D eigenvalue weighted by Gasteiger charge is 2.27.